The molecule has 2 unspecified atom stereocenters. The van der Waals surface area contributed by atoms with Crippen LogP contribution in [0, 0.1) is 0 Å². The minimum atomic E-state index is -3.62. The lowest BCUT2D eigenvalue weighted by atomic mass is 9.86. The Balaban J connectivity index is 0.00000323. The third-order valence-electron chi connectivity index (χ3n) is 7.70. The van der Waals surface area contributed by atoms with Crippen molar-refractivity contribution in [3.63, 3.8) is 0 Å². The number of phenolic OH excluding ortho intramolecular Hbond substituents is 1. The van der Waals surface area contributed by atoms with Crippen molar-refractivity contribution in [2.75, 3.05) is 20.2 Å². The monoisotopic (exact) mass is 580 g/mol. The topological polar surface area (TPSA) is 96.9 Å². The molecule has 0 bridgehead atoms. The number of ether oxygens (including phenoxy) is 2. The van der Waals surface area contributed by atoms with Crippen molar-refractivity contribution < 1.29 is 23.0 Å². The normalized spacial score (nSPS) is 18.2. The molecule has 0 radical (unpaired) electrons. The molecule has 0 saturated carbocycles. The molecule has 9 heteroatoms. The highest BCUT2D eigenvalue weighted by Gasteiger charge is 2.30. The minimum absolute atomic E-state index is 0. The quantitative estimate of drug-likeness (QED) is 0.250. The summed E-state index contributed by atoms with van der Waals surface area (Å²) in [5.41, 5.74) is 3.49. The summed E-state index contributed by atoms with van der Waals surface area (Å²) in [5, 5.41) is 15.5. The maximum Gasteiger partial charge on any atom is 0.240 e. The molecule has 0 aromatic heterocycles. The van der Waals surface area contributed by atoms with Crippen LogP contribution in [0.1, 0.15) is 42.9 Å². The number of sulfonamides is 1. The van der Waals surface area contributed by atoms with Gasteiger partial charge < -0.3 is 19.9 Å². The van der Waals surface area contributed by atoms with Crippen molar-refractivity contribution in [3.8, 4) is 28.4 Å². The van der Waals surface area contributed by atoms with Crippen molar-refractivity contribution in [2.24, 2.45) is 0 Å². The summed E-state index contributed by atoms with van der Waals surface area (Å²) in [4.78, 5) is 0.174. The summed E-state index contributed by atoms with van der Waals surface area (Å²) < 4.78 is 40.1. The second-order valence-electron chi connectivity index (χ2n) is 10.1. The largest absolute Gasteiger partial charge is 0.508 e. The summed E-state index contributed by atoms with van der Waals surface area (Å²) in [7, 11) is -2.23. The highest BCUT2D eigenvalue weighted by atomic mass is 35.5. The van der Waals surface area contributed by atoms with E-state index < -0.39 is 16.1 Å². The molecule has 40 heavy (non-hydrogen) atoms. The van der Waals surface area contributed by atoms with Gasteiger partial charge in [-0.3, -0.25) is 0 Å². The molecule has 4 aromatic carbocycles. The molecule has 0 aliphatic carbocycles. The first kappa shape index (κ1) is 28.2. The third-order valence-corrected chi connectivity index (χ3v) is 9.11. The number of piperidine rings is 1. The highest BCUT2D eigenvalue weighted by molar-refractivity contribution is 7.89. The van der Waals surface area contributed by atoms with Crippen LogP contribution < -0.4 is 19.5 Å². The molecular weight excluding hydrogens is 548 g/mol. The van der Waals surface area contributed by atoms with E-state index in [2.05, 4.69) is 10.0 Å². The van der Waals surface area contributed by atoms with Gasteiger partial charge in [0.2, 0.25) is 10.0 Å². The molecule has 2 aliphatic rings. The molecule has 210 valence electrons. The molecule has 1 saturated heterocycles. The van der Waals surface area contributed by atoms with Crippen LogP contribution in [0.5, 0.6) is 17.2 Å². The molecule has 4 aromatic rings. The van der Waals surface area contributed by atoms with Gasteiger partial charge >= 0.3 is 0 Å². The van der Waals surface area contributed by atoms with Crippen LogP contribution >= 0.6 is 12.4 Å². The lowest BCUT2D eigenvalue weighted by Gasteiger charge is -2.31. The Morgan fingerprint density at radius 3 is 2.58 bits per heavy atom. The molecule has 6 rings (SSSR count). The van der Waals surface area contributed by atoms with Crippen molar-refractivity contribution in [1.82, 2.24) is 10.0 Å². The molecular formula is C31H33ClN2O5S. The zero-order valence-electron chi connectivity index (χ0n) is 22.2. The number of aromatic hydroxyl groups is 1. The van der Waals surface area contributed by atoms with Gasteiger partial charge in [0.15, 0.2) is 6.10 Å². The highest BCUT2D eigenvalue weighted by Crippen LogP contribution is 2.48. The van der Waals surface area contributed by atoms with Crippen LogP contribution in [0.25, 0.3) is 21.9 Å². The summed E-state index contributed by atoms with van der Waals surface area (Å²) in [5.74, 6) is 1.61. The van der Waals surface area contributed by atoms with Gasteiger partial charge in [-0.15, -0.1) is 12.4 Å². The predicted octanol–water partition coefficient (Wildman–Crippen LogP) is 5.94. The molecule has 7 nitrogen and oxygen atoms in total. The first-order valence-corrected chi connectivity index (χ1v) is 14.9. The van der Waals surface area contributed by atoms with Crippen molar-refractivity contribution in [2.45, 2.75) is 42.7 Å². The minimum Gasteiger partial charge on any atom is -0.508 e. The van der Waals surface area contributed by atoms with Crippen LogP contribution in [0.3, 0.4) is 0 Å². The fourth-order valence-electron chi connectivity index (χ4n) is 5.61. The second-order valence-corrected chi connectivity index (χ2v) is 12.0. The summed E-state index contributed by atoms with van der Waals surface area (Å²) in [6, 6.07) is 22.6. The third kappa shape index (κ3) is 5.49. The van der Waals surface area contributed by atoms with Gasteiger partial charge in [0.05, 0.1) is 11.5 Å². The molecule has 0 amide bonds. The standard InChI is InChI=1S/C31H32N2O5S.ClH/c1-32-39(35,36)25-11-14-29-28(19-25)27-12-7-21-18-23(34)8-13-26(21)30(27)31(38-29)20-5-9-24(10-6-20)37-17-15-22-4-2-3-16-33-22;/h5-14,18-19,22,31-34H,2-4,15-17H2,1H3;1H. The lowest BCUT2D eigenvalue weighted by Crippen LogP contribution is -2.35. The van der Waals surface area contributed by atoms with Crippen LogP contribution in [-0.2, 0) is 10.0 Å². The van der Waals surface area contributed by atoms with E-state index in [0.29, 0.717) is 24.0 Å². The number of hydrogen-bond donors (Lipinski definition) is 3. The number of phenols is 1. The summed E-state index contributed by atoms with van der Waals surface area (Å²) in [6.45, 7) is 1.76. The molecule has 0 spiro atoms. The Bertz CT molecular complexity index is 1620. The number of rotatable bonds is 7. The van der Waals surface area contributed by atoms with E-state index in [9.17, 15) is 13.5 Å². The first-order chi connectivity index (χ1) is 18.9. The van der Waals surface area contributed by atoms with Crippen LogP contribution in [0.2, 0.25) is 0 Å². The number of halogens is 1. The Morgan fingerprint density at radius 1 is 1.00 bits per heavy atom. The van der Waals surface area contributed by atoms with Crippen LogP contribution in [0.4, 0.5) is 0 Å². The average Bonchev–Trinajstić information content (AvgIpc) is 2.97. The van der Waals surface area contributed by atoms with Crippen molar-refractivity contribution in [1.29, 1.82) is 0 Å². The SMILES string of the molecule is CNS(=O)(=O)c1ccc2c(c1)-c1ccc3cc(O)ccc3c1C(c1ccc(OCCC3CCCCN3)cc1)O2.Cl. The molecule has 2 atom stereocenters. The Morgan fingerprint density at radius 2 is 1.82 bits per heavy atom. The van der Waals surface area contributed by atoms with Crippen LogP contribution in [-0.4, -0.2) is 39.8 Å². The Kier molecular flexibility index (Phi) is 8.24. The van der Waals surface area contributed by atoms with Gasteiger partial charge in [-0.2, -0.15) is 0 Å². The summed E-state index contributed by atoms with van der Waals surface area (Å²) >= 11 is 0. The number of hydrogen-bond acceptors (Lipinski definition) is 6. The van der Waals surface area contributed by atoms with Gasteiger partial charge in [-0.25, -0.2) is 13.1 Å². The maximum atomic E-state index is 12.5. The maximum absolute atomic E-state index is 12.5. The van der Waals surface area contributed by atoms with E-state index in [1.165, 1.54) is 26.3 Å². The van der Waals surface area contributed by atoms with Gasteiger partial charge in [-0.1, -0.05) is 36.8 Å². The molecule has 2 heterocycles. The number of fused-ring (bicyclic) bond motifs is 5. The summed E-state index contributed by atoms with van der Waals surface area (Å²) in [6.07, 6.45) is 4.30. The smallest absolute Gasteiger partial charge is 0.240 e. The number of nitrogens with one attached hydrogen (secondary N) is 2. The molecule has 3 N–H and O–H groups in total. The zero-order valence-corrected chi connectivity index (χ0v) is 23.9. The second kappa shape index (κ2) is 11.7. The average molecular weight is 581 g/mol. The zero-order chi connectivity index (χ0) is 27.0. The van der Waals surface area contributed by atoms with Crippen molar-refractivity contribution in [3.05, 3.63) is 83.9 Å². The molecule has 1 fully saturated rings. The van der Waals surface area contributed by atoms with E-state index in [0.717, 1.165) is 46.2 Å². The van der Waals surface area contributed by atoms with Crippen LogP contribution in [0.15, 0.2) is 77.7 Å². The van der Waals surface area contributed by atoms with Gasteiger partial charge in [0.25, 0.3) is 0 Å². The Hall–Kier alpha value is -3.30. The van der Waals surface area contributed by atoms with E-state index in [4.69, 9.17) is 9.47 Å². The van der Waals surface area contributed by atoms with Gasteiger partial charge in [0, 0.05) is 17.2 Å². The van der Waals surface area contributed by atoms with E-state index in [-0.39, 0.29) is 23.1 Å². The van der Waals surface area contributed by atoms with Crippen molar-refractivity contribution >= 4 is 33.2 Å². The van der Waals surface area contributed by atoms with Gasteiger partial charge in [0.1, 0.15) is 17.2 Å². The lowest BCUT2D eigenvalue weighted by molar-refractivity contribution is 0.244. The van der Waals surface area contributed by atoms with Gasteiger partial charge in [-0.05, 0) is 97.2 Å². The fraction of sp³-hybridized carbons (Fsp3) is 0.290. The first-order valence-electron chi connectivity index (χ1n) is 13.4. The van der Waals surface area contributed by atoms with E-state index in [1.807, 2.05) is 42.5 Å². The molecule has 2 aliphatic heterocycles. The van der Waals surface area contributed by atoms with E-state index in [1.54, 1.807) is 30.3 Å². The predicted molar refractivity (Wildman–Crippen MR) is 159 cm³/mol. The van der Waals surface area contributed by atoms with E-state index >= 15 is 0 Å². The number of benzene rings is 4. The fourth-order valence-corrected chi connectivity index (χ4v) is 6.37. The Labute approximate surface area is 241 Å².